The Morgan fingerprint density at radius 1 is 1.20 bits per heavy atom. The molecule has 0 unspecified atom stereocenters. The number of carbonyl (C=O) groups excluding carboxylic acids is 1. The van der Waals surface area contributed by atoms with E-state index in [4.69, 9.17) is 0 Å². The number of amides is 1. The molecule has 0 spiro atoms. The molecule has 106 valence electrons. The molecule has 0 aliphatic carbocycles. The second-order valence-electron chi connectivity index (χ2n) is 5.40. The van der Waals surface area contributed by atoms with Gasteiger partial charge in [0.15, 0.2) is 0 Å². The summed E-state index contributed by atoms with van der Waals surface area (Å²) in [5, 5.41) is 0. The third kappa shape index (κ3) is 2.42. The third-order valence-corrected chi connectivity index (χ3v) is 4.05. The SMILES string of the molecule is CCc1nc2ccccc2n1CC(=O)N1CCCCC1. The van der Waals surface area contributed by atoms with Gasteiger partial charge < -0.3 is 9.47 Å². The number of piperidine rings is 1. The summed E-state index contributed by atoms with van der Waals surface area (Å²) in [6, 6.07) is 8.05. The molecule has 0 bridgehead atoms. The van der Waals surface area contributed by atoms with E-state index in [1.54, 1.807) is 0 Å². The number of hydrogen-bond acceptors (Lipinski definition) is 2. The summed E-state index contributed by atoms with van der Waals surface area (Å²) in [7, 11) is 0. The minimum absolute atomic E-state index is 0.225. The highest BCUT2D eigenvalue weighted by atomic mass is 16.2. The highest BCUT2D eigenvalue weighted by Gasteiger charge is 2.19. The largest absolute Gasteiger partial charge is 0.341 e. The average molecular weight is 271 g/mol. The van der Waals surface area contributed by atoms with E-state index in [1.165, 1.54) is 6.42 Å². The van der Waals surface area contributed by atoms with Crippen LogP contribution in [0, 0.1) is 0 Å². The van der Waals surface area contributed by atoms with E-state index in [2.05, 4.69) is 16.5 Å². The van der Waals surface area contributed by atoms with Gasteiger partial charge in [-0.15, -0.1) is 0 Å². The Morgan fingerprint density at radius 3 is 2.70 bits per heavy atom. The third-order valence-electron chi connectivity index (χ3n) is 4.05. The Kier molecular flexibility index (Phi) is 3.72. The van der Waals surface area contributed by atoms with Gasteiger partial charge in [0.25, 0.3) is 0 Å². The van der Waals surface area contributed by atoms with Crippen molar-refractivity contribution in [3.05, 3.63) is 30.1 Å². The van der Waals surface area contributed by atoms with Gasteiger partial charge in [-0.05, 0) is 31.4 Å². The number of aromatic nitrogens is 2. The van der Waals surface area contributed by atoms with Crippen LogP contribution in [0.2, 0.25) is 0 Å². The fourth-order valence-electron chi connectivity index (χ4n) is 2.95. The van der Waals surface area contributed by atoms with E-state index < -0.39 is 0 Å². The highest BCUT2D eigenvalue weighted by Crippen LogP contribution is 2.17. The number of fused-ring (bicyclic) bond motifs is 1. The molecule has 1 fully saturated rings. The molecule has 1 aliphatic rings. The standard InChI is InChI=1S/C16H21N3O/c1-2-15-17-13-8-4-5-9-14(13)19(15)12-16(20)18-10-6-3-7-11-18/h4-5,8-9H,2-3,6-7,10-12H2,1H3. The van der Waals surface area contributed by atoms with Crippen molar-refractivity contribution in [2.75, 3.05) is 13.1 Å². The molecule has 1 amide bonds. The van der Waals surface area contributed by atoms with Crippen molar-refractivity contribution in [3.8, 4) is 0 Å². The molecule has 0 atom stereocenters. The van der Waals surface area contributed by atoms with Crippen LogP contribution in [0.1, 0.15) is 32.0 Å². The molecule has 0 radical (unpaired) electrons. The second-order valence-corrected chi connectivity index (χ2v) is 5.40. The molecule has 3 rings (SSSR count). The van der Waals surface area contributed by atoms with Crippen LogP contribution in [0.3, 0.4) is 0 Å². The predicted molar refractivity (Wildman–Crippen MR) is 79.5 cm³/mol. The van der Waals surface area contributed by atoms with Gasteiger partial charge in [-0.25, -0.2) is 4.98 Å². The molecule has 0 saturated carbocycles. The van der Waals surface area contributed by atoms with Crippen LogP contribution in [-0.4, -0.2) is 33.4 Å². The zero-order valence-electron chi connectivity index (χ0n) is 12.0. The normalized spacial score (nSPS) is 15.8. The number of likely N-dealkylation sites (tertiary alicyclic amines) is 1. The smallest absolute Gasteiger partial charge is 0.242 e. The number of benzene rings is 1. The number of hydrogen-bond donors (Lipinski definition) is 0. The molecule has 2 aromatic rings. The lowest BCUT2D eigenvalue weighted by Crippen LogP contribution is -2.38. The maximum Gasteiger partial charge on any atom is 0.242 e. The number of rotatable bonds is 3. The zero-order valence-corrected chi connectivity index (χ0v) is 12.0. The molecule has 20 heavy (non-hydrogen) atoms. The summed E-state index contributed by atoms with van der Waals surface area (Å²) >= 11 is 0. The molecular formula is C16H21N3O. The topological polar surface area (TPSA) is 38.1 Å². The van der Waals surface area contributed by atoms with Crippen LogP contribution >= 0.6 is 0 Å². The Bertz CT molecular complexity index is 611. The van der Waals surface area contributed by atoms with E-state index in [0.29, 0.717) is 6.54 Å². The summed E-state index contributed by atoms with van der Waals surface area (Å²) in [6.07, 6.45) is 4.37. The summed E-state index contributed by atoms with van der Waals surface area (Å²) in [4.78, 5) is 19.1. The summed E-state index contributed by atoms with van der Waals surface area (Å²) < 4.78 is 2.08. The fraction of sp³-hybridized carbons (Fsp3) is 0.500. The molecule has 1 aliphatic heterocycles. The van der Waals surface area contributed by atoms with Crippen molar-refractivity contribution in [2.45, 2.75) is 39.2 Å². The van der Waals surface area contributed by atoms with Crippen LogP contribution in [0.4, 0.5) is 0 Å². The van der Waals surface area contributed by atoms with Gasteiger partial charge in [0.2, 0.25) is 5.91 Å². The van der Waals surface area contributed by atoms with Gasteiger partial charge >= 0.3 is 0 Å². The maximum absolute atomic E-state index is 12.5. The van der Waals surface area contributed by atoms with E-state index in [1.807, 2.05) is 29.2 Å². The first-order chi connectivity index (χ1) is 9.79. The minimum atomic E-state index is 0.225. The molecule has 4 heteroatoms. The Labute approximate surface area is 119 Å². The van der Waals surface area contributed by atoms with Gasteiger partial charge in [0, 0.05) is 19.5 Å². The summed E-state index contributed by atoms with van der Waals surface area (Å²) in [5.74, 6) is 1.22. The monoisotopic (exact) mass is 271 g/mol. The van der Waals surface area contributed by atoms with Crippen molar-refractivity contribution in [1.29, 1.82) is 0 Å². The Balaban J connectivity index is 1.87. The van der Waals surface area contributed by atoms with Gasteiger partial charge in [0.05, 0.1) is 11.0 Å². The lowest BCUT2D eigenvalue weighted by Gasteiger charge is -2.27. The lowest BCUT2D eigenvalue weighted by atomic mass is 10.1. The van der Waals surface area contributed by atoms with Gasteiger partial charge in [-0.3, -0.25) is 4.79 Å². The summed E-state index contributed by atoms with van der Waals surface area (Å²) in [6.45, 7) is 4.33. The first-order valence-electron chi connectivity index (χ1n) is 7.51. The van der Waals surface area contributed by atoms with Crippen molar-refractivity contribution >= 4 is 16.9 Å². The van der Waals surface area contributed by atoms with Crippen molar-refractivity contribution in [2.24, 2.45) is 0 Å². The van der Waals surface area contributed by atoms with E-state index in [-0.39, 0.29) is 5.91 Å². The Morgan fingerprint density at radius 2 is 1.95 bits per heavy atom. The lowest BCUT2D eigenvalue weighted by molar-refractivity contribution is -0.132. The molecule has 4 nitrogen and oxygen atoms in total. The quantitative estimate of drug-likeness (QED) is 0.860. The van der Waals surface area contributed by atoms with Gasteiger partial charge in [-0.2, -0.15) is 0 Å². The molecular weight excluding hydrogens is 250 g/mol. The first-order valence-corrected chi connectivity index (χ1v) is 7.51. The number of nitrogens with zero attached hydrogens (tertiary/aromatic N) is 3. The van der Waals surface area contributed by atoms with Crippen LogP contribution in [-0.2, 0) is 17.8 Å². The Hall–Kier alpha value is -1.84. The first kappa shape index (κ1) is 13.2. The molecule has 1 saturated heterocycles. The van der Waals surface area contributed by atoms with Gasteiger partial charge in [0.1, 0.15) is 12.4 Å². The predicted octanol–water partition coefficient (Wildman–Crippen LogP) is 2.61. The van der Waals surface area contributed by atoms with E-state index in [9.17, 15) is 4.79 Å². The zero-order chi connectivity index (χ0) is 13.9. The van der Waals surface area contributed by atoms with Crippen molar-refractivity contribution in [3.63, 3.8) is 0 Å². The highest BCUT2D eigenvalue weighted by molar-refractivity contribution is 5.81. The van der Waals surface area contributed by atoms with Crippen LogP contribution in [0.25, 0.3) is 11.0 Å². The average Bonchev–Trinajstić information content (AvgIpc) is 2.86. The van der Waals surface area contributed by atoms with Crippen molar-refractivity contribution in [1.82, 2.24) is 14.5 Å². The van der Waals surface area contributed by atoms with E-state index in [0.717, 1.165) is 49.2 Å². The van der Waals surface area contributed by atoms with Crippen LogP contribution in [0.5, 0.6) is 0 Å². The number of para-hydroxylation sites is 2. The van der Waals surface area contributed by atoms with Crippen LogP contribution in [0.15, 0.2) is 24.3 Å². The maximum atomic E-state index is 12.5. The number of carbonyl (C=O) groups is 1. The molecule has 1 aromatic carbocycles. The summed E-state index contributed by atoms with van der Waals surface area (Å²) in [5.41, 5.74) is 2.05. The number of imidazole rings is 1. The van der Waals surface area contributed by atoms with Crippen molar-refractivity contribution < 1.29 is 4.79 Å². The molecule has 0 N–H and O–H groups in total. The second kappa shape index (κ2) is 5.65. The van der Waals surface area contributed by atoms with Crippen LogP contribution < -0.4 is 0 Å². The van der Waals surface area contributed by atoms with E-state index >= 15 is 0 Å². The van der Waals surface area contributed by atoms with Gasteiger partial charge in [-0.1, -0.05) is 19.1 Å². The number of aryl methyl sites for hydroxylation is 1. The minimum Gasteiger partial charge on any atom is -0.341 e. The molecule has 1 aromatic heterocycles. The molecule has 2 heterocycles. The fourth-order valence-corrected chi connectivity index (χ4v) is 2.95.